The molecule has 0 spiro atoms. The predicted octanol–water partition coefficient (Wildman–Crippen LogP) is 4.00. The Balaban J connectivity index is 1.33. The van der Waals surface area contributed by atoms with Crippen molar-refractivity contribution >= 4 is 45.6 Å². The average Bonchev–Trinajstić information content (AvgIpc) is 2.79. The van der Waals surface area contributed by atoms with Gasteiger partial charge in [0.25, 0.3) is 5.91 Å². The van der Waals surface area contributed by atoms with Gasteiger partial charge in [-0.1, -0.05) is 41.9 Å². The van der Waals surface area contributed by atoms with Crippen LogP contribution < -0.4 is 15.5 Å². The van der Waals surface area contributed by atoms with Gasteiger partial charge < -0.3 is 20.4 Å². The van der Waals surface area contributed by atoms with Crippen LogP contribution >= 0.6 is 11.6 Å². The Kier molecular flexibility index (Phi) is 6.93. The van der Waals surface area contributed by atoms with Crippen molar-refractivity contribution in [3.05, 3.63) is 71.2 Å². The molecule has 0 atom stereocenters. The number of fused-ring (bicyclic) bond motifs is 1. The average molecular weight is 451 g/mol. The molecule has 0 aromatic heterocycles. The molecule has 3 aromatic carbocycles. The van der Waals surface area contributed by atoms with E-state index in [1.54, 1.807) is 12.1 Å². The second-order valence-electron chi connectivity index (χ2n) is 8.07. The third kappa shape index (κ3) is 5.39. The lowest BCUT2D eigenvalue weighted by Crippen LogP contribution is -2.44. The number of nitrogens with zero attached hydrogens (tertiary/aromatic N) is 2. The maximum absolute atomic E-state index is 12.6. The number of likely N-dealkylation sites (N-methyl/N-ethyl adjacent to an activating group) is 1. The molecule has 166 valence electrons. The molecule has 3 aromatic rings. The van der Waals surface area contributed by atoms with Crippen molar-refractivity contribution in [1.29, 1.82) is 0 Å². The largest absolute Gasteiger partial charge is 0.367 e. The molecule has 0 bridgehead atoms. The van der Waals surface area contributed by atoms with Crippen molar-refractivity contribution in [2.75, 3.05) is 50.0 Å². The highest BCUT2D eigenvalue weighted by Crippen LogP contribution is 2.30. The second-order valence-corrected chi connectivity index (χ2v) is 8.50. The van der Waals surface area contributed by atoms with Gasteiger partial charge in [0.1, 0.15) is 0 Å². The molecule has 1 heterocycles. The maximum Gasteiger partial charge on any atom is 0.251 e. The predicted molar refractivity (Wildman–Crippen MR) is 131 cm³/mol. The summed E-state index contributed by atoms with van der Waals surface area (Å²) in [6.07, 6.45) is 0.175. The first-order chi connectivity index (χ1) is 15.5. The van der Waals surface area contributed by atoms with Gasteiger partial charge in [0.15, 0.2) is 0 Å². The van der Waals surface area contributed by atoms with Crippen LogP contribution in [-0.2, 0) is 4.79 Å². The number of carbonyl (C=O) groups is 2. The lowest BCUT2D eigenvalue weighted by Gasteiger charge is -2.35. The zero-order chi connectivity index (χ0) is 22.5. The molecule has 6 nitrogen and oxygen atoms in total. The fourth-order valence-corrected chi connectivity index (χ4v) is 4.04. The summed E-state index contributed by atoms with van der Waals surface area (Å²) in [4.78, 5) is 29.6. The zero-order valence-corrected chi connectivity index (χ0v) is 18.9. The van der Waals surface area contributed by atoms with Crippen LogP contribution in [0.15, 0.2) is 60.7 Å². The number of rotatable bonds is 6. The minimum Gasteiger partial charge on any atom is -0.367 e. The van der Waals surface area contributed by atoms with Gasteiger partial charge in [-0.3, -0.25) is 9.59 Å². The van der Waals surface area contributed by atoms with Crippen LogP contribution in [0.5, 0.6) is 0 Å². The first-order valence-corrected chi connectivity index (χ1v) is 11.2. The summed E-state index contributed by atoms with van der Waals surface area (Å²) in [5.74, 6) is -0.356. The molecule has 1 fully saturated rings. The molecule has 0 saturated carbocycles. The Morgan fingerprint density at radius 2 is 1.69 bits per heavy atom. The van der Waals surface area contributed by atoms with Gasteiger partial charge in [-0.15, -0.1) is 0 Å². The van der Waals surface area contributed by atoms with E-state index in [0.717, 1.165) is 42.6 Å². The molecule has 2 amide bonds. The molecule has 7 heteroatoms. The van der Waals surface area contributed by atoms with Crippen LogP contribution in [0.2, 0.25) is 5.02 Å². The number of amides is 2. The summed E-state index contributed by atoms with van der Waals surface area (Å²) in [5, 5.41) is 8.47. The van der Waals surface area contributed by atoms with Crippen LogP contribution in [0.3, 0.4) is 0 Å². The number of carbonyl (C=O) groups excluding carboxylic acids is 2. The standard InChI is InChI=1S/C25H27ClN4O2/c1-29-12-14-30(15-13-29)23-9-8-21(26)17-22(23)28-24(31)10-11-27-25(32)20-7-6-18-4-2-3-5-19(18)16-20/h2-9,16-17H,10-15H2,1H3,(H,27,32)(H,28,31). The van der Waals surface area contributed by atoms with Crippen molar-refractivity contribution in [3.63, 3.8) is 0 Å². The first kappa shape index (κ1) is 22.1. The second kappa shape index (κ2) is 10.0. The van der Waals surface area contributed by atoms with Gasteiger partial charge in [0.05, 0.1) is 11.4 Å². The van der Waals surface area contributed by atoms with Crippen molar-refractivity contribution in [1.82, 2.24) is 10.2 Å². The van der Waals surface area contributed by atoms with Crippen molar-refractivity contribution in [3.8, 4) is 0 Å². The molecule has 0 aliphatic carbocycles. The van der Waals surface area contributed by atoms with E-state index in [1.165, 1.54) is 0 Å². The van der Waals surface area contributed by atoms with Crippen LogP contribution in [0, 0.1) is 0 Å². The SMILES string of the molecule is CN1CCN(c2ccc(Cl)cc2NC(=O)CCNC(=O)c2ccc3ccccc3c2)CC1. The monoisotopic (exact) mass is 450 g/mol. The summed E-state index contributed by atoms with van der Waals surface area (Å²) in [7, 11) is 2.11. The molecule has 2 N–H and O–H groups in total. The molecule has 4 rings (SSSR count). The summed E-state index contributed by atoms with van der Waals surface area (Å²) < 4.78 is 0. The highest BCUT2D eigenvalue weighted by molar-refractivity contribution is 6.31. The molecular formula is C25H27ClN4O2. The molecular weight excluding hydrogens is 424 g/mol. The summed E-state index contributed by atoms with van der Waals surface area (Å²) in [6, 6.07) is 19.0. The lowest BCUT2D eigenvalue weighted by molar-refractivity contribution is -0.116. The molecule has 0 radical (unpaired) electrons. The number of hydrogen-bond donors (Lipinski definition) is 2. The fraction of sp³-hybridized carbons (Fsp3) is 0.280. The molecule has 0 unspecified atom stereocenters. The van der Waals surface area contributed by atoms with E-state index in [0.29, 0.717) is 16.3 Å². The van der Waals surface area contributed by atoms with Crippen LogP contribution in [0.4, 0.5) is 11.4 Å². The van der Waals surface area contributed by atoms with Crippen LogP contribution in [-0.4, -0.2) is 56.5 Å². The smallest absolute Gasteiger partial charge is 0.251 e. The van der Waals surface area contributed by atoms with Gasteiger partial charge in [-0.2, -0.15) is 0 Å². The lowest BCUT2D eigenvalue weighted by atomic mass is 10.1. The summed E-state index contributed by atoms with van der Waals surface area (Å²) in [6.45, 7) is 3.97. The highest BCUT2D eigenvalue weighted by atomic mass is 35.5. The van der Waals surface area contributed by atoms with E-state index < -0.39 is 0 Å². The topological polar surface area (TPSA) is 64.7 Å². The third-order valence-electron chi connectivity index (χ3n) is 5.73. The molecule has 32 heavy (non-hydrogen) atoms. The van der Waals surface area contributed by atoms with Crippen molar-refractivity contribution < 1.29 is 9.59 Å². The number of piperazine rings is 1. The summed E-state index contributed by atoms with van der Waals surface area (Å²) >= 11 is 6.18. The van der Waals surface area contributed by atoms with Gasteiger partial charge >= 0.3 is 0 Å². The normalized spacial score (nSPS) is 14.4. The van der Waals surface area contributed by atoms with Gasteiger partial charge in [-0.05, 0) is 48.2 Å². The van der Waals surface area contributed by atoms with Crippen molar-refractivity contribution in [2.45, 2.75) is 6.42 Å². The van der Waals surface area contributed by atoms with Gasteiger partial charge in [-0.25, -0.2) is 0 Å². The summed E-state index contributed by atoms with van der Waals surface area (Å²) in [5.41, 5.74) is 2.25. The van der Waals surface area contributed by atoms with Gasteiger partial charge in [0.2, 0.25) is 5.91 Å². The third-order valence-corrected chi connectivity index (χ3v) is 5.96. The Morgan fingerprint density at radius 1 is 0.938 bits per heavy atom. The number of hydrogen-bond acceptors (Lipinski definition) is 4. The van der Waals surface area contributed by atoms with E-state index >= 15 is 0 Å². The minimum atomic E-state index is -0.190. The Morgan fingerprint density at radius 3 is 2.47 bits per heavy atom. The van der Waals surface area contributed by atoms with Crippen LogP contribution in [0.25, 0.3) is 10.8 Å². The molecule has 1 aliphatic heterocycles. The highest BCUT2D eigenvalue weighted by Gasteiger charge is 2.18. The van der Waals surface area contributed by atoms with Crippen molar-refractivity contribution in [2.24, 2.45) is 0 Å². The van der Waals surface area contributed by atoms with E-state index in [4.69, 9.17) is 11.6 Å². The van der Waals surface area contributed by atoms with Crippen LogP contribution in [0.1, 0.15) is 16.8 Å². The Labute approximate surface area is 193 Å². The first-order valence-electron chi connectivity index (χ1n) is 10.8. The maximum atomic E-state index is 12.6. The zero-order valence-electron chi connectivity index (χ0n) is 18.1. The number of benzene rings is 3. The van der Waals surface area contributed by atoms with E-state index in [2.05, 4.69) is 27.5 Å². The van der Waals surface area contributed by atoms with E-state index in [-0.39, 0.29) is 24.8 Å². The Hall–Kier alpha value is -3.09. The Bertz CT molecular complexity index is 1130. The van der Waals surface area contributed by atoms with Gasteiger partial charge in [0, 0.05) is 49.7 Å². The fourth-order valence-electron chi connectivity index (χ4n) is 3.87. The van der Waals surface area contributed by atoms with E-state index in [9.17, 15) is 9.59 Å². The quantitative estimate of drug-likeness (QED) is 0.595. The number of nitrogens with one attached hydrogen (secondary N) is 2. The minimum absolute atomic E-state index is 0.165. The molecule has 1 saturated heterocycles. The number of anilines is 2. The molecule has 1 aliphatic rings. The number of halogens is 1. The van der Waals surface area contributed by atoms with E-state index in [1.807, 2.05) is 48.5 Å².